The lowest BCUT2D eigenvalue weighted by atomic mass is 9.44. The highest BCUT2D eigenvalue weighted by Gasteiger charge is 2.62. The number of halogens is 2. The number of fused-ring (bicyclic) bond motifs is 6. The fraction of sp³-hybridized carbons (Fsp3) is 0.759. The molecule has 4 fully saturated rings. The third kappa shape index (κ3) is 3.51. The first-order chi connectivity index (χ1) is 17.3. The summed E-state index contributed by atoms with van der Waals surface area (Å²) in [7, 11) is 1.87. The maximum Gasteiger partial charge on any atom is 0.186 e. The van der Waals surface area contributed by atoms with Crippen LogP contribution in [0.3, 0.4) is 0 Å². The van der Waals surface area contributed by atoms with E-state index in [2.05, 4.69) is 24.2 Å². The first-order valence-corrected chi connectivity index (χ1v) is 14.0. The Balaban J connectivity index is 1.25. The van der Waals surface area contributed by atoms with Gasteiger partial charge in [0.2, 0.25) is 0 Å². The fourth-order valence-corrected chi connectivity index (χ4v) is 9.71. The zero-order valence-corrected chi connectivity index (χ0v) is 21.8. The van der Waals surface area contributed by atoms with Crippen LogP contribution in [0.25, 0.3) is 11.0 Å². The molecule has 6 rings (SSSR count). The maximum atomic E-state index is 14.5. The van der Waals surface area contributed by atoms with Gasteiger partial charge in [-0.15, -0.1) is 5.10 Å². The average Bonchev–Trinajstić information content (AvgIpc) is 3.42. The number of rotatable bonds is 5. The lowest BCUT2D eigenvalue weighted by molar-refractivity contribution is -0.154. The van der Waals surface area contributed by atoms with Crippen LogP contribution >= 0.6 is 0 Å². The maximum absolute atomic E-state index is 14.5. The summed E-state index contributed by atoms with van der Waals surface area (Å²) in [4.78, 5) is 13.7. The number of hydrogen-bond donors (Lipinski definition) is 0. The van der Waals surface area contributed by atoms with Crippen LogP contribution in [0.2, 0.25) is 0 Å². The molecule has 7 heteroatoms. The van der Waals surface area contributed by atoms with Crippen molar-refractivity contribution in [2.75, 3.05) is 13.7 Å². The monoisotopic (exact) mass is 499 g/mol. The number of nitrogens with zero attached hydrogens (tertiary/aromatic N) is 3. The molecule has 1 aromatic heterocycles. The van der Waals surface area contributed by atoms with Crippen molar-refractivity contribution in [3.63, 3.8) is 0 Å². The molecule has 0 N–H and O–H groups in total. The molecule has 36 heavy (non-hydrogen) atoms. The van der Waals surface area contributed by atoms with E-state index in [4.69, 9.17) is 4.74 Å². The normalized spacial score (nSPS) is 40.0. The van der Waals surface area contributed by atoms with Crippen LogP contribution in [0.15, 0.2) is 12.1 Å². The largest absolute Gasteiger partial charge is 0.384 e. The molecule has 0 saturated heterocycles. The molecule has 196 valence electrons. The van der Waals surface area contributed by atoms with Gasteiger partial charge in [-0.2, -0.15) is 0 Å². The molecule has 8 atom stereocenters. The number of carbonyl (C=O) groups excluding carboxylic acids is 1. The van der Waals surface area contributed by atoms with Crippen LogP contribution < -0.4 is 0 Å². The molecule has 0 bridgehead atoms. The number of Topliss-reactive ketones (excluding diaryl/α,β-unsaturated/α-hetero) is 1. The highest BCUT2D eigenvalue weighted by Crippen LogP contribution is 2.68. The van der Waals surface area contributed by atoms with Crippen molar-refractivity contribution in [2.45, 2.75) is 78.2 Å². The van der Waals surface area contributed by atoms with Gasteiger partial charge < -0.3 is 4.74 Å². The second kappa shape index (κ2) is 8.85. The Morgan fingerprint density at radius 3 is 2.75 bits per heavy atom. The Morgan fingerprint density at radius 1 is 1.11 bits per heavy atom. The molecule has 2 aromatic rings. The van der Waals surface area contributed by atoms with Gasteiger partial charge in [-0.25, -0.2) is 13.5 Å². The Labute approximate surface area is 212 Å². The molecule has 4 saturated carbocycles. The van der Waals surface area contributed by atoms with E-state index in [0.29, 0.717) is 23.2 Å². The summed E-state index contributed by atoms with van der Waals surface area (Å²) in [5, 5.41) is 7.97. The SMILES string of the molecule is COCC12CCC(C)CC1CCC1C3CCC(C(=O)Cn4nnc5ccc(F)c(F)c54)C3(C)CCC12. The molecule has 5 nitrogen and oxygen atoms in total. The summed E-state index contributed by atoms with van der Waals surface area (Å²) in [6.45, 7) is 5.57. The minimum absolute atomic E-state index is 0.0156. The lowest BCUT2D eigenvalue weighted by Crippen LogP contribution is -2.56. The highest BCUT2D eigenvalue weighted by molar-refractivity contribution is 5.84. The van der Waals surface area contributed by atoms with Gasteiger partial charge >= 0.3 is 0 Å². The van der Waals surface area contributed by atoms with Crippen LogP contribution in [0.1, 0.15) is 71.6 Å². The zero-order valence-electron chi connectivity index (χ0n) is 21.8. The molecule has 8 unspecified atom stereocenters. The molecule has 0 spiro atoms. The second-order valence-electron chi connectivity index (χ2n) is 12.8. The van der Waals surface area contributed by atoms with Crippen molar-refractivity contribution in [1.82, 2.24) is 15.0 Å². The predicted octanol–water partition coefficient (Wildman–Crippen LogP) is 6.20. The molecule has 0 amide bonds. The van der Waals surface area contributed by atoms with Crippen LogP contribution in [0, 0.1) is 58.0 Å². The molecular formula is C29H39F2N3O2. The summed E-state index contributed by atoms with van der Waals surface area (Å²) in [6.07, 6.45) is 10.7. The summed E-state index contributed by atoms with van der Waals surface area (Å²) in [6, 6.07) is 2.46. The van der Waals surface area contributed by atoms with Crippen molar-refractivity contribution in [3.8, 4) is 0 Å². The Morgan fingerprint density at radius 2 is 1.94 bits per heavy atom. The van der Waals surface area contributed by atoms with Gasteiger partial charge in [0.15, 0.2) is 17.4 Å². The van der Waals surface area contributed by atoms with E-state index < -0.39 is 11.6 Å². The molecular weight excluding hydrogens is 460 g/mol. The fourth-order valence-electron chi connectivity index (χ4n) is 9.71. The lowest BCUT2D eigenvalue weighted by Gasteiger charge is -2.61. The van der Waals surface area contributed by atoms with Crippen LogP contribution in [-0.4, -0.2) is 34.5 Å². The van der Waals surface area contributed by atoms with Gasteiger partial charge in [0, 0.05) is 13.0 Å². The second-order valence-corrected chi connectivity index (χ2v) is 12.8. The van der Waals surface area contributed by atoms with Gasteiger partial charge in [-0.3, -0.25) is 4.79 Å². The standard InChI is InChI=1S/C29H39F2N3O2/c1-17-10-13-29(16-36-3)18(14-17)4-5-19-20-6-7-22(28(20,2)12-11-21(19)29)25(35)15-34-27-24(32-33-34)9-8-23(30)26(27)31/h8-9,17-22H,4-7,10-16H2,1-3H3. The predicted molar refractivity (Wildman–Crippen MR) is 133 cm³/mol. The van der Waals surface area contributed by atoms with Crippen molar-refractivity contribution in [1.29, 1.82) is 0 Å². The number of aromatic nitrogens is 3. The van der Waals surface area contributed by atoms with Crippen molar-refractivity contribution in [2.24, 2.45) is 46.3 Å². The van der Waals surface area contributed by atoms with E-state index in [1.54, 1.807) is 0 Å². The average molecular weight is 500 g/mol. The van der Waals surface area contributed by atoms with E-state index in [1.165, 1.54) is 49.3 Å². The van der Waals surface area contributed by atoms with Crippen molar-refractivity contribution >= 4 is 16.8 Å². The summed E-state index contributed by atoms with van der Waals surface area (Å²) < 4.78 is 35.6. The van der Waals surface area contributed by atoms with E-state index in [0.717, 1.165) is 43.8 Å². The van der Waals surface area contributed by atoms with Crippen LogP contribution in [0.4, 0.5) is 8.78 Å². The van der Waals surface area contributed by atoms with Crippen LogP contribution in [0.5, 0.6) is 0 Å². The number of benzene rings is 1. The summed E-state index contributed by atoms with van der Waals surface area (Å²) in [5.41, 5.74) is 0.522. The molecule has 4 aliphatic rings. The molecule has 0 aliphatic heterocycles. The quantitative estimate of drug-likeness (QED) is 0.492. The third-order valence-electron chi connectivity index (χ3n) is 11.3. The van der Waals surface area contributed by atoms with Crippen molar-refractivity contribution < 1.29 is 18.3 Å². The summed E-state index contributed by atoms with van der Waals surface area (Å²) in [5.74, 6) is 1.55. The topological polar surface area (TPSA) is 57.0 Å². The smallest absolute Gasteiger partial charge is 0.186 e. The van der Waals surface area contributed by atoms with Crippen molar-refractivity contribution in [3.05, 3.63) is 23.8 Å². The number of hydrogen-bond acceptors (Lipinski definition) is 4. The van der Waals surface area contributed by atoms with Gasteiger partial charge in [-0.05, 0) is 104 Å². The molecule has 4 aliphatic carbocycles. The first-order valence-electron chi connectivity index (χ1n) is 14.0. The number of carbonyl (C=O) groups is 1. The first kappa shape index (κ1) is 24.4. The van der Waals surface area contributed by atoms with E-state index in [-0.39, 0.29) is 34.7 Å². The highest BCUT2D eigenvalue weighted by atomic mass is 19.2. The van der Waals surface area contributed by atoms with Gasteiger partial charge in [0.05, 0.1) is 6.61 Å². The molecule has 1 aromatic carbocycles. The summed E-state index contributed by atoms with van der Waals surface area (Å²) >= 11 is 0. The van der Waals surface area contributed by atoms with Gasteiger partial charge in [0.1, 0.15) is 17.6 Å². The van der Waals surface area contributed by atoms with Crippen LogP contribution in [-0.2, 0) is 16.1 Å². The number of ether oxygens (including phenoxy) is 1. The minimum Gasteiger partial charge on any atom is -0.384 e. The number of methoxy groups -OCH3 is 1. The minimum atomic E-state index is -0.983. The van der Waals surface area contributed by atoms with Gasteiger partial charge in [-0.1, -0.05) is 25.5 Å². The number of ketones is 1. The van der Waals surface area contributed by atoms with E-state index >= 15 is 0 Å². The third-order valence-corrected chi connectivity index (χ3v) is 11.3. The Hall–Kier alpha value is -1.89. The van der Waals surface area contributed by atoms with Gasteiger partial charge in [0.25, 0.3) is 0 Å². The Kier molecular flexibility index (Phi) is 6.01. The zero-order chi connectivity index (χ0) is 25.2. The molecule has 0 radical (unpaired) electrons. The van der Waals surface area contributed by atoms with E-state index in [9.17, 15) is 13.6 Å². The molecule has 1 heterocycles. The van der Waals surface area contributed by atoms with E-state index in [1.807, 2.05) is 7.11 Å². The Bertz CT molecular complexity index is 1170.